The van der Waals surface area contributed by atoms with Crippen LogP contribution in [0.2, 0.25) is 0 Å². The normalized spacial score (nSPS) is 20.0. The van der Waals surface area contributed by atoms with Crippen molar-refractivity contribution in [1.82, 2.24) is 14.7 Å². The highest BCUT2D eigenvalue weighted by atomic mass is 16.5. The quantitative estimate of drug-likeness (QED) is 0.797. The summed E-state index contributed by atoms with van der Waals surface area (Å²) in [7, 11) is 0. The van der Waals surface area contributed by atoms with Crippen LogP contribution in [0.1, 0.15) is 29.5 Å². The maximum atomic E-state index is 12.8. The lowest BCUT2D eigenvalue weighted by Crippen LogP contribution is -2.32. The Morgan fingerprint density at radius 1 is 1.24 bits per heavy atom. The summed E-state index contributed by atoms with van der Waals surface area (Å²) in [6, 6.07) is 15.9. The molecular weight excluding hydrogens is 314 g/mol. The molecule has 0 unspecified atom stereocenters. The Kier molecular flexibility index (Phi) is 4.24. The molecule has 0 bridgehead atoms. The first kappa shape index (κ1) is 15.8. The third kappa shape index (κ3) is 3.03. The van der Waals surface area contributed by atoms with E-state index < -0.39 is 0 Å². The lowest BCUT2D eigenvalue weighted by molar-refractivity contribution is -0.127. The molecule has 5 heteroatoms. The number of pyridine rings is 1. The molecule has 1 amide bonds. The number of benzene rings is 1. The molecule has 1 N–H and O–H groups in total. The first-order chi connectivity index (χ1) is 12.2. The monoisotopic (exact) mass is 335 g/mol. The number of aryl methyl sites for hydroxylation is 1. The molecule has 3 aromatic rings. The summed E-state index contributed by atoms with van der Waals surface area (Å²) >= 11 is 0. The van der Waals surface area contributed by atoms with Gasteiger partial charge in [-0.3, -0.25) is 4.79 Å². The fourth-order valence-corrected chi connectivity index (χ4v) is 3.51. The Labute approximate surface area is 146 Å². The van der Waals surface area contributed by atoms with Gasteiger partial charge in [-0.25, -0.2) is 4.98 Å². The average molecular weight is 335 g/mol. The fourth-order valence-electron chi connectivity index (χ4n) is 3.51. The second-order valence-corrected chi connectivity index (χ2v) is 6.39. The molecule has 1 aliphatic rings. The van der Waals surface area contributed by atoms with E-state index in [1.807, 2.05) is 66.1 Å². The molecule has 1 fully saturated rings. The zero-order chi connectivity index (χ0) is 17.2. The fraction of sp³-hybridized carbons (Fsp3) is 0.300. The van der Waals surface area contributed by atoms with Gasteiger partial charge in [-0.05, 0) is 31.0 Å². The third-order valence-electron chi connectivity index (χ3n) is 4.82. The number of rotatable bonds is 4. The molecule has 25 heavy (non-hydrogen) atoms. The Morgan fingerprint density at radius 2 is 2.04 bits per heavy atom. The minimum atomic E-state index is -0.163. The molecule has 2 aromatic heterocycles. The maximum Gasteiger partial charge on any atom is 0.226 e. The minimum absolute atomic E-state index is 0.0386. The van der Waals surface area contributed by atoms with Gasteiger partial charge in [-0.15, -0.1) is 0 Å². The summed E-state index contributed by atoms with van der Waals surface area (Å²) in [5, 5.41) is 3.08. The minimum Gasteiger partial charge on any atom is -0.373 e. The molecule has 3 heterocycles. The first-order valence-corrected chi connectivity index (χ1v) is 8.61. The largest absolute Gasteiger partial charge is 0.373 e. The highest BCUT2D eigenvalue weighted by Gasteiger charge is 2.35. The lowest BCUT2D eigenvalue weighted by Gasteiger charge is -2.18. The van der Waals surface area contributed by atoms with E-state index in [1.54, 1.807) is 0 Å². The van der Waals surface area contributed by atoms with Crippen LogP contribution >= 0.6 is 0 Å². The van der Waals surface area contributed by atoms with Crippen LogP contribution in [0.4, 0.5) is 0 Å². The molecule has 0 radical (unpaired) electrons. The predicted molar refractivity (Wildman–Crippen MR) is 95.0 cm³/mol. The van der Waals surface area contributed by atoms with E-state index in [1.165, 1.54) is 0 Å². The van der Waals surface area contributed by atoms with Gasteiger partial charge in [0.05, 0.1) is 30.0 Å². The van der Waals surface area contributed by atoms with Gasteiger partial charge in [0.15, 0.2) is 0 Å². The molecule has 1 saturated heterocycles. The van der Waals surface area contributed by atoms with Crippen molar-refractivity contribution in [2.24, 2.45) is 5.92 Å². The van der Waals surface area contributed by atoms with E-state index in [9.17, 15) is 4.79 Å². The summed E-state index contributed by atoms with van der Waals surface area (Å²) in [6.45, 7) is 3.06. The van der Waals surface area contributed by atoms with Gasteiger partial charge < -0.3 is 14.5 Å². The number of carbonyl (C=O) groups is 1. The smallest absolute Gasteiger partial charge is 0.226 e. The van der Waals surface area contributed by atoms with Crippen molar-refractivity contribution in [1.29, 1.82) is 0 Å². The molecule has 2 atom stereocenters. The number of carbonyl (C=O) groups excluding carboxylic acids is 1. The SMILES string of the molecule is Cc1nc2ccccn2c1CNC(=O)[C@H]1CCO[C@@H]1c1ccccc1. The van der Waals surface area contributed by atoms with Gasteiger partial charge in [-0.1, -0.05) is 36.4 Å². The number of nitrogens with zero attached hydrogens (tertiary/aromatic N) is 2. The first-order valence-electron chi connectivity index (χ1n) is 8.61. The number of nitrogens with one attached hydrogen (secondary N) is 1. The van der Waals surface area contributed by atoms with Gasteiger partial charge in [-0.2, -0.15) is 0 Å². The molecule has 5 nitrogen and oxygen atoms in total. The number of imidazole rings is 1. The number of amides is 1. The van der Waals surface area contributed by atoms with Crippen molar-refractivity contribution < 1.29 is 9.53 Å². The van der Waals surface area contributed by atoms with Crippen molar-refractivity contribution >= 4 is 11.6 Å². The van der Waals surface area contributed by atoms with Crippen LogP contribution in [0, 0.1) is 12.8 Å². The molecule has 4 rings (SSSR count). The van der Waals surface area contributed by atoms with Gasteiger partial charge >= 0.3 is 0 Å². The van der Waals surface area contributed by atoms with Crippen LogP contribution in [-0.2, 0) is 16.1 Å². The Morgan fingerprint density at radius 3 is 2.88 bits per heavy atom. The van der Waals surface area contributed by atoms with Crippen LogP contribution in [-0.4, -0.2) is 21.9 Å². The molecule has 0 spiro atoms. The molecule has 128 valence electrons. The van der Waals surface area contributed by atoms with Crippen molar-refractivity contribution in [2.75, 3.05) is 6.61 Å². The van der Waals surface area contributed by atoms with E-state index >= 15 is 0 Å². The summed E-state index contributed by atoms with van der Waals surface area (Å²) in [4.78, 5) is 17.3. The maximum absolute atomic E-state index is 12.8. The molecule has 0 aliphatic carbocycles. The number of aromatic nitrogens is 2. The highest BCUT2D eigenvalue weighted by molar-refractivity contribution is 5.79. The second-order valence-electron chi connectivity index (χ2n) is 6.39. The number of ether oxygens (including phenoxy) is 1. The topological polar surface area (TPSA) is 55.6 Å². The Hall–Kier alpha value is -2.66. The Balaban J connectivity index is 1.49. The van der Waals surface area contributed by atoms with Crippen molar-refractivity contribution in [2.45, 2.75) is 26.0 Å². The van der Waals surface area contributed by atoms with Crippen molar-refractivity contribution in [3.63, 3.8) is 0 Å². The average Bonchev–Trinajstić information content (AvgIpc) is 3.25. The van der Waals surface area contributed by atoms with E-state index in [4.69, 9.17) is 4.74 Å². The molecule has 1 aromatic carbocycles. The van der Waals surface area contributed by atoms with E-state index in [2.05, 4.69) is 10.3 Å². The van der Waals surface area contributed by atoms with Crippen LogP contribution in [0.25, 0.3) is 5.65 Å². The molecule has 0 saturated carbocycles. The molecule has 1 aliphatic heterocycles. The summed E-state index contributed by atoms with van der Waals surface area (Å²) in [5.74, 6) is -0.112. The van der Waals surface area contributed by atoms with E-state index in [0.29, 0.717) is 13.2 Å². The van der Waals surface area contributed by atoms with Crippen molar-refractivity contribution in [3.05, 3.63) is 71.7 Å². The Bertz CT molecular complexity index is 888. The summed E-state index contributed by atoms with van der Waals surface area (Å²) in [6.07, 6.45) is 2.56. The predicted octanol–water partition coefficient (Wildman–Crippen LogP) is 3.04. The van der Waals surface area contributed by atoms with Crippen LogP contribution in [0.5, 0.6) is 0 Å². The van der Waals surface area contributed by atoms with E-state index in [-0.39, 0.29) is 17.9 Å². The van der Waals surface area contributed by atoms with Gasteiger partial charge in [0.1, 0.15) is 5.65 Å². The van der Waals surface area contributed by atoms with Crippen LogP contribution < -0.4 is 5.32 Å². The standard InChI is InChI=1S/C20H21N3O2/c1-14-17(23-11-6-5-9-18(23)22-14)13-21-20(24)16-10-12-25-19(16)15-7-3-2-4-8-15/h2-9,11,16,19H,10,12-13H2,1H3,(H,21,24)/t16-,19+/m0/s1. The third-order valence-corrected chi connectivity index (χ3v) is 4.82. The number of hydrogen-bond donors (Lipinski definition) is 1. The van der Waals surface area contributed by atoms with Crippen LogP contribution in [0.15, 0.2) is 54.7 Å². The summed E-state index contributed by atoms with van der Waals surface area (Å²) in [5.41, 5.74) is 3.91. The van der Waals surface area contributed by atoms with Gasteiger partial charge in [0.25, 0.3) is 0 Å². The second kappa shape index (κ2) is 6.69. The highest BCUT2D eigenvalue weighted by Crippen LogP contribution is 2.34. The lowest BCUT2D eigenvalue weighted by atomic mass is 9.94. The van der Waals surface area contributed by atoms with E-state index in [0.717, 1.165) is 29.0 Å². The zero-order valence-corrected chi connectivity index (χ0v) is 14.2. The number of fused-ring (bicyclic) bond motifs is 1. The number of hydrogen-bond acceptors (Lipinski definition) is 3. The van der Waals surface area contributed by atoms with Crippen molar-refractivity contribution in [3.8, 4) is 0 Å². The molecular formula is C20H21N3O2. The zero-order valence-electron chi connectivity index (χ0n) is 14.2. The summed E-state index contributed by atoms with van der Waals surface area (Å²) < 4.78 is 7.85. The van der Waals surface area contributed by atoms with Gasteiger partial charge in [0, 0.05) is 12.8 Å². The van der Waals surface area contributed by atoms with Gasteiger partial charge in [0.2, 0.25) is 5.91 Å². The van der Waals surface area contributed by atoms with Crippen LogP contribution in [0.3, 0.4) is 0 Å².